The van der Waals surface area contributed by atoms with Crippen molar-refractivity contribution in [2.45, 2.75) is 10.9 Å². The fourth-order valence-corrected chi connectivity index (χ4v) is 2.93. The van der Waals surface area contributed by atoms with E-state index in [2.05, 4.69) is 9.97 Å². The number of methoxy groups -OCH3 is 1. The van der Waals surface area contributed by atoms with E-state index in [4.69, 9.17) is 10.5 Å². The van der Waals surface area contributed by atoms with Crippen molar-refractivity contribution in [1.82, 2.24) is 9.97 Å². The van der Waals surface area contributed by atoms with Crippen LogP contribution in [-0.2, 0) is 5.75 Å². The van der Waals surface area contributed by atoms with Crippen LogP contribution in [0.3, 0.4) is 0 Å². The number of nitrogens with one attached hydrogen (secondary N) is 1. The Labute approximate surface area is 126 Å². The number of benzene rings is 2. The van der Waals surface area contributed by atoms with Gasteiger partial charge in [-0.25, -0.2) is 4.98 Å². The average molecular weight is 303 g/mol. The van der Waals surface area contributed by atoms with Gasteiger partial charge in [0, 0.05) is 5.75 Å². The molecule has 110 valence electrons. The maximum absolute atomic E-state index is 6.06. The summed E-state index contributed by atoms with van der Waals surface area (Å²) in [7, 11) is 1.63. The fourth-order valence-electron chi connectivity index (χ4n) is 2.04. The van der Waals surface area contributed by atoms with Gasteiger partial charge in [0.1, 0.15) is 5.75 Å². The maximum Gasteiger partial charge on any atom is 0.166 e. The highest BCUT2D eigenvalue weighted by molar-refractivity contribution is 7.98. The standard InChI is InChI=1S/C15H15N3OS.H2O/c1-19-13-8-4-5-10(14(13)16)9-20-15-17-11-6-2-3-7-12(11)18-15;/h2-8H,9,16H2,1H3,(H,17,18);1H2. The summed E-state index contributed by atoms with van der Waals surface area (Å²) in [6.45, 7) is 0. The number of hydrogen-bond acceptors (Lipinski definition) is 4. The number of para-hydroxylation sites is 3. The van der Waals surface area contributed by atoms with E-state index in [1.54, 1.807) is 18.9 Å². The summed E-state index contributed by atoms with van der Waals surface area (Å²) in [5, 5.41) is 0.897. The molecule has 0 bridgehead atoms. The van der Waals surface area contributed by atoms with Gasteiger partial charge in [0.05, 0.1) is 23.8 Å². The normalized spacial score (nSPS) is 10.3. The summed E-state index contributed by atoms with van der Waals surface area (Å²) >= 11 is 1.63. The first-order chi connectivity index (χ1) is 9.78. The Bertz CT molecular complexity index is 710. The van der Waals surface area contributed by atoms with Crippen LogP contribution in [0.2, 0.25) is 0 Å². The SMILES string of the molecule is COc1cccc(CSc2nc3ccccc3[nH]2)c1N.O. The van der Waals surface area contributed by atoms with Gasteiger partial charge in [-0.15, -0.1) is 0 Å². The second-order valence-electron chi connectivity index (χ2n) is 4.38. The molecule has 0 aliphatic rings. The predicted molar refractivity (Wildman–Crippen MR) is 86.7 cm³/mol. The third-order valence-electron chi connectivity index (χ3n) is 3.11. The van der Waals surface area contributed by atoms with Gasteiger partial charge in [-0.05, 0) is 23.8 Å². The van der Waals surface area contributed by atoms with Crippen molar-refractivity contribution in [3.05, 3.63) is 48.0 Å². The minimum absolute atomic E-state index is 0. The molecule has 0 spiro atoms. The van der Waals surface area contributed by atoms with Crippen LogP contribution in [0.4, 0.5) is 5.69 Å². The number of rotatable bonds is 4. The van der Waals surface area contributed by atoms with Crippen LogP contribution in [0, 0.1) is 0 Å². The van der Waals surface area contributed by atoms with Gasteiger partial charge in [0.25, 0.3) is 0 Å². The van der Waals surface area contributed by atoms with Crippen molar-refractivity contribution in [2.24, 2.45) is 0 Å². The summed E-state index contributed by atoms with van der Waals surface area (Å²) < 4.78 is 5.23. The highest BCUT2D eigenvalue weighted by Gasteiger charge is 2.07. The lowest BCUT2D eigenvalue weighted by molar-refractivity contribution is 0.416. The first kappa shape index (κ1) is 15.2. The number of H-pyrrole nitrogens is 1. The molecule has 0 saturated carbocycles. The molecule has 0 aliphatic heterocycles. The van der Waals surface area contributed by atoms with Gasteiger partial charge in [-0.3, -0.25) is 0 Å². The third kappa shape index (κ3) is 3.12. The molecule has 3 aromatic rings. The summed E-state index contributed by atoms with van der Waals surface area (Å²) in [6.07, 6.45) is 0. The van der Waals surface area contributed by atoms with Gasteiger partial charge < -0.3 is 20.9 Å². The van der Waals surface area contributed by atoms with Crippen molar-refractivity contribution in [3.63, 3.8) is 0 Å². The first-order valence-corrected chi connectivity index (χ1v) is 7.25. The van der Waals surface area contributed by atoms with E-state index < -0.39 is 0 Å². The molecule has 0 atom stereocenters. The quantitative estimate of drug-likeness (QED) is 0.572. The molecule has 0 amide bonds. The van der Waals surface area contributed by atoms with Crippen molar-refractivity contribution < 1.29 is 10.2 Å². The van der Waals surface area contributed by atoms with Crippen LogP contribution in [0.1, 0.15) is 5.56 Å². The zero-order valence-electron chi connectivity index (χ0n) is 11.6. The summed E-state index contributed by atoms with van der Waals surface area (Å²) in [6, 6.07) is 13.8. The number of ether oxygens (including phenoxy) is 1. The first-order valence-electron chi connectivity index (χ1n) is 6.27. The number of hydrogen-bond donors (Lipinski definition) is 2. The third-order valence-corrected chi connectivity index (χ3v) is 4.03. The van der Waals surface area contributed by atoms with Gasteiger partial charge in [0.2, 0.25) is 0 Å². The molecule has 0 fully saturated rings. The Morgan fingerprint density at radius 1 is 1.19 bits per heavy atom. The molecule has 0 unspecified atom stereocenters. The van der Waals surface area contributed by atoms with Crippen molar-refractivity contribution in [2.75, 3.05) is 12.8 Å². The molecule has 0 saturated heterocycles. The van der Waals surface area contributed by atoms with Crippen LogP contribution < -0.4 is 10.5 Å². The number of aromatic nitrogens is 2. The Morgan fingerprint density at radius 3 is 2.76 bits per heavy atom. The molecule has 5 nitrogen and oxygen atoms in total. The Kier molecular flexibility index (Phi) is 4.72. The van der Waals surface area contributed by atoms with E-state index >= 15 is 0 Å². The van der Waals surface area contributed by atoms with Gasteiger partial charge in [0.15, 0.2) is 5.16 Å². The molecule has 3 rings (SSSR count). The largest absolute Gasteiger partial charge is 0.495 e. The van der Waals surface area contributed by atoms with E-state index in [0.717, 1.165) is 27.5 Å². The topological polar surface area (TPSA) is 95.4 Å². The van der Waals surface area contributed by atoms with Gasteiger partial charge in [-0.1, -0.05) is 36.0 Å². The molecule has 2 aromatic carbocycles. The lowest BCUT2D eigenvalue weighted by Crippen LogP contribution is -1.97. The van der Waals surface area contributed by atoms with Gasteiger partial charge >= 0.3 is 0 Å². The van der Waals surface area contributed by atoms with E-state index in [-0.39, 0.29) is 5.48 Å². The second kappa shape index (κ2) is 6.51. The summed E-state index contributed by atoms with van der Waals surface area (Å²) in [5.41, 5.74) is 9.84. The monoisotopic (exact) mass is 303 g/mol. The molecule has 1 aromatic heterocycles. The van der Waals surface area contributed by atoms with Crippen LogP contribution in [0.5, 0.6) is 5.75 Å². The molecular formula is C15H17N3O2S. The lowest BCUT2D eigenvalue weighted by Gasteiger charge is -2.08. The number of nitrogen functional groups attached to an aromatic ring is 1. The molecule has 21 heavy (non-hydrogen) atoms. The fraction of sp³-hybridized carbons (Fsp3) is 0.133. The van der Waals surface area contributed by atoms with E-state index in [1.165, 1.54) is 0 Å². The minimum Gasteiger partial charge on any atom is -0.495 e. The number of aromatic amines is 1. The number of anilines is 1. The number of nitrogens with two attached hydrogens (primary N) is 1. The summed E-state index contributed by atoms with van der Waals surface area (Å²) in [4.78, 5) is 7.83. The van der Waals surface area contributed by atoms with Crippen LogP contribution in [-0.4, -0.2) is 22.6 Å². The Morgan fingerprint density at radius 2 is 2.00 bits per heavy atom. The highest BCUT2D eigenvalue weighted by atomic mass is 32.2. The van der Waals surface area contributed by atoms with E-state index in [1.807, 2.05) is 42.5 Å². The number of imidazole rings is 1. The molecule has 0 aliphatic carbocycles. The Balaban J connectivity index is 0.00000161. The molecule has 0 radical (unpaired) electrons. The van der Waals surface area contributed by atoms with Crippen molar-refractivity contribution in [1.29, 1.82) is 0 Å². The lowest BCUT2D eigenvalue weighted by atomic mass is 10.2. The summed E-state index contributed by atoms with van der Waals surface area (Å²) in [5.74, 6) is 1.47. The zero-order valence-corrected chi connectivity index (χ0v) is 12.4. The van der Waals surface area contributed by atoms with E-state index in [9.17, 15) is 0 Å². The van der Waals surface area contributed by atoms with Crippen LogP contribution in [0.15, 0.2) is 47.6 Å². The molecule has 5 N–H and O–H groups in total. The predicted octanol–water partition coefficient (Wildman–Crippen LogP) is 2.62. The molecule has 1 heterocycles. The second-order valence-corrected chi connectivity index (χ2v) is 5.34. The molecular weight excluding hydrogens is 286 g/mol. The maximum atomic E-state index is 6.06. The van der Waals surface area contributed by atoms with Gasteiger partial charge in [-0.2, -0.15) is 0 Å². The smallest absolute Gasteiger partial charge is 0.166 e. The Hall–Kier alpha value is -2.18. The number of thioether (sulfide) groups is 1. The molecule has 6 heteroatoms. The van der Waals surface area contributed by atoms with Crippen LogP contribution in [0.25, 0.3) is 11.0 Å². The van der Waals surface area contributed by atoms with Crippen LogP contribution >= 0.6 is 11.8 Å². The highest BCUT2D eigenvalue weighted by Crippen LogP contribution is 2.30. The zero-order chi connectivity index (χ0) is 13.9. The van der Waals surface area contributed by atoms with Crippen molar-refractivity contribution in [3.8, 4) is 5.75 Å². The van der Waals surface area contributed by atoms with Crippen molar-refractivity contribution >= 4 is 28.5 Å². The number of nitrogens with zero attached hydrogens (tertiary/aromatic N) is 1. The minimum atomic E-state index is 0. The van der Waals surface area contributed by atoms with E-state index in [0.29, 0.717) is 11.4 Å². The average Bonchev–Trinajstić information content (AvgIpc) is 2.89. The number of fused-ring (bicyclic) bond motifs is 1.